The highest BCUT2D eigenvalue weighted by atomic mass is 35.5. The molecule has 2 rings (SSSR count). The summed E-state index contributed by atoms with van der Waals surface area (Å²) in [5.41, 5.74) is 0. The molecule has 23 heavy (non-hydrogen) atoms. The van der Waals surface area contributed by atoms with Crippen molar-refractivity contribution in [3.63, 3.8) is 0 Å². The van der Waals surface area contributed by atoms with Crippen molar-refractivity contribution < 1.29 is 24.2 Å². The minimum Gasteiger partial charge on any atom is -0.493 e. The van der Waals surface area contributed by atoms with Gasteiger partial charge in [-0.15, -0.1) is 0 Å². The zero-order valence-corrected chi connectivity index (χ0v) is 13.5. The lowest BCUT2D eigenvalue weighted by Gasteiger charge is -2.33. The number of aliphatic carboxylic acids is 1. The molecule has 126 valence electrons. The Labute approximate surface area is 139 Å². The number of nitrogens with zero attached hydrogens (tertiary/aromatic N) is 1. The summed E-state index contributed by atoms with van der Waals surface area (Å²) in [6, 6.07) is 6.78. The van der Waals surface area contributed by atoms with Crippen molar-refractivity contribution >= 4 is 23.5 Å². The van der Waals surface area contributed by atoms with Crippen LogP contribution in [0.5, 0.6) is 5.75 Å². The van der Waals surface area contributed by atoms with Crippen LogP contribution in [0.1, 0.15) is 19.3 Å². The number of ether oxygens (including phenoxy) is 2. The highest BCUT2D eigenvalue weighted by molar-refractivity contribution is 6.30. The summed E-state index contributed by atoms with van der Waals surface area (Å²) in [6.07, 6.45) is 1.46. The normalized spacial score (nSPS) is 15.2. The van der Waals surface area contributed by atoms with E-state index in [1.165, 1.54) is 4.90 Å². The molecule has 1 amide bonds. The average molecular weight is 342 g/mol. The Morgan fingerprint density at radius 3 is 2.52 bits per heavy atom. The lowest BCUT2D eigenvalue weighted by atomic mass is 10.1. The molecule has 1 saturated heterocycles. The maximum absolute atomic E-state index is 12.3. The molecular weight excluding hydrogens is 322 g/mol. The largest absolute Gasteiger partial charge is 0.493 e. The van der Waals surface area contributed by atoms with E-state index in [2.05, 4.69) is 0 Å². The minimum absolute atomic E-state index is 0.0807. The molecule has 1 aromatic rings. The fourth-order valence-corrected chi connectivity index (χ4v) is 2.62. The van der Waals surface area contributed by atoms with Crippen molar-refractivity contribution in [1.29, 1.82) is 0 Å². The van der Waals surface area contributed by atoms with Crippen LogP contribution in [0.25, 0.3) is 0 Å². The first-order valence-electron chi connectivity index (χ1n) is 7.53. The fraction of sp³-hybridized carbons (Fsp3) is 0.500. The number of amides is 1. The van der Waals surface area contributed by atoms with Crippen LogP contribution in [-0.4, -0.2) is 54.3 Å². The standard InChI is InChI=1S/C16H20ClNO5/c17-12-1-3-14(4-2-12)23-10-7-15(19)18(11-16(20)21)13-5-8-22-9-6-13/h1-4,13H,5-11H2,(H,20,21). The second kappa shape index (κ2) is 8.74. The van der Waals surface area contributed by atoms with E-state index >= 15 is 0 Å². The smallest absolute Gasteiger partial charge is 0.323 e. The van der Waals surface area contributed by atoms with E-state index in [1.54, 1.807) is 24.3 Å². The molecule has 0 aliphatic carbocycles. The Bertz CT molecular complexity index is 528. The van der Waals surface area contributed by atoms with E-state index in [4.69, 9.17) is 26.2 Å². The second-order valence-electron chi connectivity index (χ2n) is 5.31. The molecule has 6 nitrogen and oxygen atoms in total. The van der Waals surface area contributed by atoms with Crippen LogP contribution in [0.15, 0.2) is 24.3 Å². The van der Waals surface area contributed by atoms with Gasteiger partial charge in [-0.05, 0) is 37.1 Å². The van der Waals surface area contributed by atoms with Gasteiger partial charge in [-0.3, -0.25) is 9.59 Å². The quantitative estimate of drug-likeness (QED) is 0.822. The molecule has 1 aliphatic heterocycles. The summed E-state index contributed by atoms with van der Waals surface area (Å²) in [6.45, 7) is 1.01. The van der Waals surface area contributed by atoms with Crippen molar-refractivity contribution in [2.24, 2.45) is 0 Å². The molecule has 0 atom stereocenters. The molecule has 1 fully saturated rings. The zero-order valence-electron chi connectivity index (χ0n) is 12.7. The summed E-state index contributed by atoms with van der Waals surface area (Å²) in [7, 11) is 0. The summed E-state index contributed by atoms with van der Waals surface area (Å²) < 4.78 is 10.8. The van der Waals surface area contributed by atoms with Gasteiger partial charge in [0.2, 0.25) is 5.91 Å². The third-order valence-electron chi connectivity index (χ3n) is 3.66. The lowest BCUT2D eigenvalue weighted by Crippen LogP contribution is -2.46. The third-order valence-corrected chi connectivity index (χ3v) is 3.91. The number of carbonyl (C=O) groups is 2. The lowest BCUT2D eigenvalue weighted by molar-refractivity contribution is -0.148. The number of halogens is 1. The minimum atomic E-state index is -1.01. The first-order chi connectivity index (χ1) is 11.1. The topological polar surface area (TPSA) is 76.1 Å². The van der Waals surface area contributed by atoms with Gasteiger partial charge >= 0.3 is 5.97 Å². The number of carboxylic acid groups (broad SMARTS) is 1. The number of carbonyl (C=O) groups excluding carboxylic acids is 1. The molecule has 1 aromatic carbocycles. The Morgan fingerprint density at radius 1 is 1.26 bits per heavy atom. The number of carboxylic acids is 1. The van der Waals surface area contributed by atoms with Gasteiger partial charge in [-0.25, -0.2) is 0 Å². The average Bonchev–Trinajstić information content (AvgIpc) is 2.55. The van der Waals surface area contributed by atoms with Crippen LogP contribution in [0.3, 0.4) is 0 Å². The highest BCUT2D eigenvalue weighted by Gasteiger charge is 2.27. The second-order valence-corrected chi connectivity index (χ2v) is 5.75. The van der Waals surface area contributed by atoms with Gasteiger partial charge in [0.25, 0.3) is 0 Å². The Morgan fingerprint density at radius 2 is 1.91 bits per heavy atom. The van der Waals surface area contributed by atoms with Gasteiger partial charge in [0.05, 0.1) is 13.0 Å². The van der Waals surface area contributed by atoms with Gasteiger partial charge in [-0.2, -0.15) is 0 Å². The van der Waals surface area contributed by atoms with Crippen LogP contribution in [-0.2, 0) is 14.3 Å². The predicted octanol–water partition coefficient (Wildman–Crippen LogP) is 2.20. The summed E-state index contributed by atoms with van der Waals surface area (Å²) in [5, 5.41) is 9.64. The van der Waals surface area contributed by atoms with Gasteiger partial charge in [0.1, 0.15) is 12.3 Å². The molecule has 0 spiro atoms. The zero-order chi connectivity index (χ0) is 16.7. The Hall–Kier alpha value is -1.79. The van der Waals surface area contributed by atoms with E-state index in [9.17, 15) is 9.59 Å². The fourth-order valence-electron chi connectivity index (χ4n) is 2.49. The molecule has 0 aromatic heterocycles. The molecule has 0 radical (unpaired) electrons. The van der Waals surface area contributed by atoms with Crippen molar-refractivity contribution in [3.05, 3.63) is 29.3 Å². The van der Waals surface area contributed by atoms with E-state index in [-0.39, 0.29) is 31.5 Å². The maximum Gasteiger partial charge on any atom is 0.323 e. The number of rotatable bonds is 7. The first-order valence-corrected chi connectivity index (χ1v) is 7.91. The highest BCUT2D eigenvalue weighted by Crippen LogP contribution is 2.17. The van der Waals surface area contributed by atoms with Crippen molar-refractivity contribution in [2.75, 3.05) is 26.4 Å². The first kappa shape index (κ1) is 17.6. The molecule has 0 bridgehead atoms. The SMILES string of the molecule is O=C(O)CN(C(=O)CCOc1ccc(Cl)cc1)C1CCOCC1. The maximum atomic E-state index is 12.3. The Balaban J connectivity index is 1.86. The van der Waals surface area contributed by atoms with Crippen molar-refractivity contribution in [2.45, 2.75) is 25.3 Å². The third kappa shape index (κ3) is 5.73. The molecule has 1 N–H and O–H groups in total. The van der Waals surface area contributed by atoms with Gasteiger partial charge in [0, 0.05) is 24.3 Å². The van der Waals surface area contributed by atoms with Gasteiger partial charge < -0.3 is 19.5 Å². The van der Waals surface area contributed by atoms with Crippen molar-refractivity contribution in [3.8, 4) is 5.75 Å². The Kier molecular flexibility index (Phi) is 6.67. The van der Waals surface area contributed by atoms with Crippen molar-refractivity contribution in [1.82, 2.24) is 4.90 Å². The van der Waals surface area contributed by atoms with Gasteiger partial charge in [0.15, 0.2) is 0 Å². The monoisotopic (exact) mass is 341 g/mol. The number of benzene rings is 1. The molecule has 1 heterocycles. The summed E-state index contributed by atoms with van der Waals surface area (Å²) in [4.78, 5) is 24.8. The summed E-state index contributed by atoms with van der Waals surface area (Å²) in [5.74, 6) is -0.602. The molecule has 0 saturated carbocycles. The van der Waals surface area contributed by atoms with Gasteiger partial charge in [-0.1, -0.05) is 11.6 Å². The number of hydrogen-bond acceptors (Lipinski definition) is 4. The summed E-state index contributed by atoms with van der Waals surface area (Å²) >= 11 is 5.79. The van der Waals surface area contributed by atoms with Crippen LogP contribution < -0.4 is 4.74 Å². The van der Waals surface area contributed by atoms with E-state index in [0.29, 0.717) is 36.8 Å². The molecule has 7 heteroatoms. The van der Waals surface area contributed by atoms with Crippen LogP contribution >= 0.6 is 11.6 Å². The van der Waals surface area contributed by atoms with E-state index < -0.39 is 5.97 Å². The van der Waals surface area contributed by atoms with E-state index in [0.717, 1.165) is 0 Å². The molecule has 0 unspecified atom stereocenters. The van der Waals surface area contributed by atoms with Crippen LogP contribution in [0.2, 0.25) is 5.02 Å². The van der Waals surface area contributed by atoms with Crippen LogP contribution in [0.4, 0.5) is 0 Å². The predicted molar refractivity (Wildman–Crippen MR) is 84.8 cm³/mol. The van der Waals surface area contributed by atoms with E-state index in [1.807, 2.05) is 0 Å². The van der Waals surface area contributed by atoms with Crippen LogP contribution in [0, 0.1) is 0 Å². The number of hydrogen-bond donors (Lipinski definition) is 1. The molecular formula is C16H20ClNO5. The molecule has 1 aliphatic rings.